The second-order valence-corrected chi connectivity index (χ2v) is 5.44. The number of nitrogens with one attached hydrogen (secondary N) is 1. The molecule has 1 N–H and O–H groups in total. The fourth-order valence-electron chi connectivity index (χ4n) is 1.99. The lowest BCUT2D eigenvalue weighted by molar-refractivity contribution is 0.412. The van der Waals surface area contributed by atoms with E-state index in [9.17, 15) is 4.79 Å². The number of benzene rings is 1. The monoisotopic (exact) mass is 215 g/mol. The summed E-state index contributed by atoms with van der Waals surface area (Å²) in [6, 6.07) is 9.68. The zero-order valence-electron chi connectivity index (χ0n) is 10.0. The van der Waals surface area contributed by atoms with Gasteiger partial charge in [-0.2, -0.15) is 0 Å². The van der Waals surface area contributed by atoms with Gasteiger partial charge in [-0.05, 0) is 23.5 Å². The number of aromatic amines is 1. The molecule has 1 heterocycles. The summed E-state index contributed by atoms with van der Waals surface area (Å²) in [5, 5.41) is 1.15. The number of H-pyrrole nitrogens is 1. The van der Waals surface area contributed by atoms with Gasteiger partial charge in [-0.3, -0.25) is 4.79 Å². The molecule has 2 nitrogen and oxygen atoms in total. The number of fused-ring (bicyclic) bond motifs is 1. The van der Waals surface area contributed by atoms with Crippen LogP contribution in [0.3, 0.4) is 0 Å². The number of rotatable bonds is 1. The Hall–Kier alpha value is -1.57. The fraction of sp³-hybridized carbons (Fsp3) is 0.357. The molecular weight excluding hydrogens is 198 g/mol. The van der Waals surface area contributed by atoms with Gasteiger partial charge < -0.3 is 4.98 Å². The number of aromatic nitrogens is 1. The summed E-state index contributed by atoms with van der Waals surface area (Å²) in [5.74, 6) is 0. The van der Waals surface area contributed by atoms with Gasteiger partial charge in [0.1, 0.15) is 0 Å². The lowest BCUT2D eigenvalue weighted by atomic mass is 9.87. The van der Waals surface area contributed by atoms with Gasteiger partial charge in [-0.1, -0.05) is 39.0 Å². The van der Waals surface area contributed by atoms with Crippen LogP contribution in [0, 0.1) is 5.41 Å². The molecule has 0 amide bonds. The standard InChI is InChI=1S/C14H17NO/c1-14(2,3)9-10-8-13(16)15-12-7-5-4-6-11(10)12/h4-8H,9H2,1-3H3,(H,15,16). The topological polar surface area (TPSA) is 32.9 Å². The second-order valence-electron chi connectivity index (χ2n) is 5.44. The Balaban J connectivity index is 2.64. The summed E-state index contributed by atoms with van der Waals surface area (Å²) in [6.07, 6.45) is 0.914. The van der Waals surface area contributed by atoms with Crippen LogP contribution in [0.5, 0.6) is 0 Å². The summed E-state index contributed by atoms with van der Waals surface area (Å²) in [6.45, 7) is 6.55. The van der Waals surface area contributed by atoms with Gasteiger partial charge in [-0.15, -0.1) is 0 Å². The molecule has 2 rings (SSSR count). The summed E-state index contributed by atoms with van der Waals surface area (Å²) in [7, 11) is 0. The Morgan fingerprint density at radius 1 is 1.19 bits per heavy atom. The normalized spacial score (nSPS) is 11.9. The van der Waals surface area contributed by atoms with Gasteiger partial charge >= 0.3 is 0 Å². The number of hydrogen-bond donors (Lipinski definition) is 1. The molecule has 2 aromatic rings. The Kier molecular flexibility index (Phi) is 2.58. The van der Waals surface area contributed by atoms with Crippen molar-refractivity contribution in [1.29, 1.82) is 0 Å². The van der Waals surface area contributed by atoms with Crippen LogP contribution in [0.1, 0.15) is 26.3 Å². The molecular formula is C14H17NO. The molecule has 0 saturated carbocycles. The molecule has 0 unspecified atom stereocenters. The van der Waals surface area contributed by atoms with E-state index in [0.29, 0.717) is 0 Å². The Bertz CT molecular complexity index is 561. The Morgan fingerprint density at radius 2 is 1.88 bits per heavy atom. The molecule has 0 aliphatic carbocycles. The van der Waals surface area contributed by atoms with Gasteiger partial charge in [0, 0.05) is 17.0 Å². The van der Waals surface area contributed by atoms with Crippen LogP contribution in [-0.2, 0) is 6.42 Å². The minimum Gasteiger partial charge on any atom is -0.322 e. The maximum Gasteiger partial charge on any atom is 0.248 e. The third kappa shape index (κ3) is 2.32. The van der Waals surface area contributed by atoms with E-state index in [1.54, 1.807) is 6.07 Å². The maximum absolute atomic E-state index is 11.5. The van der Waals surface area contributed by atoms with E-state index in [0.717, 1.165) is 22.9 Å². The van der Waals surface area contributed by atoms with Crippen molar-refractivity contribution in [1.82, 2.24) is 4.98 Å². The highest BCUT2D eigenvalue weighted by molar-refractivity contribution is 5.81. The van der Waals surface area contributed by atoms with E-state index in [4.69, 9.17) is 0 Å². The first-order chi connectivity index (χ1) is 7.46. The van der Waals surface area contributed by atoms with Crippen molar-refractivity contribution >= 4 is 10.9 Å². The number of pyridine rings is 1. The van der Waals surface area contributed by atoms with E-state index < -0.39 is 0 Å². The molecule has 0 spiro atoms. The van der Waals surface area contributed by atoms with Crippen LogP contribution in [0.25, 0.3) is 10.9 Å². The highest BCUT2D eigenvalue weighted by atomic mass is 16.1. The van der Waals surface area contributed by atoms with Gasteiger partial charge in [0.25, 0.3) is 0 Å². The average molecular weight is 215 g/mol. The minimum atomic E-state index is -0.0158. The first-order valence-corrected chi connectivity index (χ1v) is 5.57. The SMILES string of the molecule is CC(C)(C)Cc1cc(=O)[nH]c2ccccc12. The van der Waals surface area contributed by atoms with Gasteiger partial charge in [0.05, 0.1) is 0 Å². The van der Waals surface area contributed by atoms with Crippen LogP contribution < -0.4 is 5.56 Å². The summed E-state index contributed by atoms with van der Waals surface area (Å²) < 4.78 is 0. The van der Waals surface area contributed by atoms with E-state index in [-0.39, 0.29) is 11.0 Å². The van der Waals surface area contributed by atoms with Crippen LogP contribution in [0.15, 0.2) is 35.1 Å². The molecule has 2 heteroatoms. The van der Waals surface area contributed by atoms with E-state index >= 15 is 0 Å². The third-order valence-electron chi connectivity index (χ3n) is 2.56. The fourth-order valence-corrected chi connectivity index (χ4v) is 1.99. The van der Waals surface area contributed by atoms with Crippen molar-refractivity contribution in [3.05, 3.63) is 46.2 Å². The maximum atomic E-state index is 11.5. The first kappa shape index (κ1) is 10.9. The van der Waals surface area contributed by atoms with Crippen molar-refractivity contribution in [2.45, 2.75) is 27.2 Å². The predicted molar refractivity (Wildman–Crippen MR) is 67.7 cm³/mol. The highest BCUT2D eigenvalue weighted by Crippen LogP contribution is 2.24. The van der Waals surface area contributed by atoms with Crippen LogP contribution in [-0.4, -0.2) is 4.98 Å². The first-order valence-electron chi connectivity index (χ1n) is 5.57. The molecule has 0 fully saturated rings. The molecule has 0 radical (unpaired) electrons. The third-order valence-corrected chi connectivity index (χ3v) is 2.56. The van der Waals surface area contributed by atoms with Crippen LogP contribution in [0.2, 0.25) is 0 Å². The number of para-hydroxylation sites is 1. The van der Waals surface area contributed by atoms with Gasteiger partial charge in [-0.25, -0.2) is 0 Å². The van der Waals surface area contributed by atoms with Gasteiger partial charge in [0.15, 0.2) is 0 Å². The summed E-state index contributed by atoms with van der Waals surface area (Å²) >= 11 is 0. The number of hydrogen-bond acceptors (Lipinski definition) is 1. The lowest BCUT2D eigenvalue weighted by Gasteiger charge is -2.19. The second kappa shape index (κ2) is 3.78. The molecule has 0 aliphatic rings. The van der Waals surface area contributed by atoms with Gasteiger partial charge in [0.2, 0.25) is 5.56 Å². The predicted octanol–water partition coefficient (Wildman–Crippen LogP) is 3.12. The summed E-state index contributed by atoms with van der Waals surface area (Å²) in [4.78, 5) is 14.4. The van der Waals surface area contributed by atoms with Crippen LogP contribution >= 0.6 is 0 Å². The molecule has 16 heavy (non-hydrogen) atoms. The van der Waals surface area contributed by atoms with Crippen molar-refractivity contribution in [2.24, 2.45) is 5.41 Å². The summed E-state index contributed by atoms with van der Waals surface area (Å²) in [5.41, 5.74) is 2.23. The molecule has 0 atom stereocenters. The molecule has 0 bridgehead atoms. The van der Waals surface area contributed by atoms with E-state index in [1.807, 2.05) is 18.2 Å². The minimum absolute atomic E-state index is 0.0158. The zero-order chi connectivity index (χ0) is 11.8. The lowest BCUT2D eigenvalue weighted by Crippen LogP contribution is -2.13. The molecule has 0 saturated heterocycles. The Labute approximate surface area is 95.3 Å². The highest BCUT2D eigenvalue weighted by Gasteiger charge is 2.13. The quantitative estimate of drug-likeness (QED) is 0.779. The molecule has 1 aromatic heterocycles. The Morgan fingerprint density at radius 3 is 2.56 bits per heavy atom. The average Bonchev–Trinajstić information content (AvgIpc) is 2.14. The van der Waals surface area contributed by atoms with Crippen LogP contribution in [0.4, 0.5) is 0 Å². The molecule has 1 aromatic carbocycles. The largest absolute Gasteiger partial charge is 0.322 e. The molecule has 0 aliphatic heterocycles. The van der Waals surface area contributed by atoms with E-state index in [1.165, 1.54) is 0 Å². The van der Waals surface area contributed by atoms with Crippen molar-refractivity contribution in [3.63, 3.8) is 0 Å². The molecule has 84 valence electrons. The van der Waals surface area contributed by atoms with Crippen molar-refractivity contribution in [3.8, 4) is 0 Å². The smallest absolute Gasteiger partial charge is 0.248 e. The van der Waals surface area contributed by atoms with E-state index in [2.05, 4.69) is 31.8 Å². The van der Waals surface area contributed by atoms with Crippen molar-refractivity contribution < 1.29 is 0 Å². The van der Waals surface area contributed by atoms with Crippen molar-refractivity contribution in [2.75, 3.05) is 0 Å². The zero-order valence-corrected chi connectivity index (χ0v) is 10.0.